The molecule has 12 nitrogen and oxygen atoms in total. The van der Waals surface area contributed by atoms with Gasteiger partial charge in [0.25, 0.3) is 0 Å². The number of benzene rings is 3. The smallest absolute Gasteiger partial charge is 0.410 e. The van der Waals surface area contributed by atoms with E-state index in [9.17, 15) is 4.79 Å². The van der Waals surface area contributed by atoms with E-state index in [1.165, 1.54) is 6.07 Å². The second-order valence-electron chi connectivity index (χ2n) is 18.4. The molecule has 3 aromatic carbocycles. The van der Waals surface area contributed by atoms with Gasteiger partial charge < -0.3 is 33.5 Å². The quantitative estimate of drug-likeness (QED) is 0.133. The molecule has 1 aliphatic carbocycles. The molecular formula is C48H52F2N6O6. The Kier molecular flexibility index (Phi) is 10.5. The maximum atomic E-state index is 16.6. The van der Waals surface area contributed by atoms with E-state index in [0.29, 0.717) is 90.6 Å². The van der Waals surface area contributed by atoms with Crippen molar-refractivity contribution in [3.63, 3.8) is 0 Å². The van der Waals surface area contributed by atoms with Gasteiger partial charge in [0, 0.05) is 60.5 Å². The number of rotatable bonds is 9. The molecule has 10 rings (SSSR count). The van der Waals surface area contributed by atoms with Crippen LogP contribution in [0, 0.1) is 30.9 Å². The lowest BCUT2D eigenvalue weighted by Gasteiger charge is -2.36. The third-order valence-electron chi connectivity index (χ3n) is 12.9. The van der Waals surface area contributed by atoms with Gasteiger partial charge in [0.1, 0.15) is 41.3 Å². The molecule has 1 amide bonds. The van der Waals surface area contributed by atoms with Crippen LogP contribution >= 0.6 is 0 Å². The molecular weight excluding hydrogens is 795 g/mol. The predicted octanol–water partition coefficient (Wildman–Crippen LogP) is 9.13. The summed E-state index contributed by atoms with van der Waals surface area (Å²) >= 11 is 0. The van der Waals surface area contributed by atoms with Crippen LogP contribution in [0.15, 0.2) is 36.5 Å². The SMILES string of the molecule is C#Cc1ccc(COc2c(-c3c(C)c(F)cc4c3cnn4C3CCCCO3)c(C3CC3)cc3c(N4C[C@@H]5C[C@H]4CN5C(=O)OC(C)(C)C)nc(OC4CCOCC4)nc23)cc1F. The van der Waals surface area contributed by atoms with E-state index in [1.807, 2.05) is 25.7 Å². The van der Waals surface area contributed by atoms with Crippen LogP contribution < -0.4 is 14.4 Å². The third kappa shape index (κ3) is 7.57. The molecule has 3 atom stereocenters. The van der Waals surface area contributed by atoms with E-state index >= 15 is 8.78 Å². The Labute approximate surface area is 359 Å². The Morgan fingerprint density at radius 1 is 0.952 bits per heavy atom. The van der Waals surface area contributed by atoms with Gasteiger partial charge in [0.15, 0.2) is 12.0 Å². The molecule has 1 unspecified atom stereocenters. The van der Waals surface area contributed by atoms with Gasteiger partial charge >= 0.3 is 12.1 Å². The summed E-state index contributed by atoms with van der Waals surface area (Å²) in [6.07, 6.45) is 13.3. The first-order valence-electron chi connectivity index (χ1n) is 22.0. The van der Waals surface area contributed by atoms with Crippen molar-refractivity contribution in [2.45, 2.75) is 122 Å². The standard InChI is InChI=1S/C48H52F2N6O6/c1-6-29-11-10-28(19-38(29)50)26-60-44-42(41-27(2)37(49)22-39-36(41)23-51-56(39)40-9-7-8-16-59-40)34(30-12-13-30)21-35-43(44)52-46(61-33-14-17-58-18-15-33)53-45(35)54-24-32-20-31(54)25-55(32)47(57)62-48(3,4)5/h1,10-11,19,21-23,30-33,40H,7-9,12-18,20,24-26H2,2-5H3/t31-,32-,40?/m0/s1. The van der Waals surface area contributed by atoms with Crippen molar-refractivity contribution in [1.29, 1.82) is 0 Å². The molecule has 5 fully saturated rings. The highest BCUT2D eigenvalue weighted by Crippen LogP contribution is 2.54. The Morgan fingerprint density at radius 2 is 1.77 bits per heavy atom. The topological polar surface area (TPSA) is 113 Å². The molecule has 4 saturated heterocycles. The minimum absolute atomic E-state index is 0.0283. The molecule has 324 valence electrons. The van der Waals surface area contributed by atoms with Gasteiger partial charge in [-0.1, -0.05) is 12.0 Å². The zero-order valence-corrected chi connectivity index (χ0v) is 35.7. The molecule has 0 spiro atoms. The second kappa shape index (κ2) is 16.0. The number of halogens is 2. The summed E-state index contributed by atoms with van der Waals surface area (Å²) in [7, 11) is 0. The number of terminal acetylenes is 1. The van der Waals surface area contributed by atoms with Crippen LogP contribution in [0.2, 0.25) is 0 Å². The zero-order chi connectivity index (χ0) is 42.9. The van der Waals surface area contributed by atoms with Crippen LogP contribution in [0.25, 0.3) is 32.9 Å². The summed E-state index contributed by atoms with van der Waals surface area (Å²) in [6, 6.07) is 8.49. The number of piperazine rings is 1. The molecule has 62 heavy (non-hydrogen) atoms. The van der Waals surface area contributed by atoms with Gasteiger partial charge in [-0.05, 0) is 107 Å². The van der Waals surface area contributed by atoms with Crippen molar-refractivity contribution < 1.29 is 37.3 Å². The number of anilines is 1. The third-order valence-corrected chi connectivity index (χ3v) is 12.9. The van der Waals surface area contributed by atoms with Crippen LogP contribution in [0.3, 0.4) is 0 Å². The lowest BCUT2D eigenvalue weighted by molar-refractivity contribution is -0.0366. The summed E-state index contributed by atoms with van der Waals surface area (Å²) in [6.45, 7) is 10.1. The minimum Gasteiger partial charge on any atom is -0.486 e. The largest absolute Gasteiger partial charge is 0.486 e. The van der Waals surface area contributed by atoms with Gasteiger partial charge in [0.2, 0.25) is 0 Å². The van der Waals surface area contributed by atoms with Crippen LogP contribution in [0.1, 0.15) is 107 Å². The molecule has 2 aromatic heterocycles. The normalized spacial score (nSPS) is 21.8. The molecule has 1 saturated carbocycles. The van der Waals surface area contributed by atoms with Crippen LogP contribution in [-0.4, -0.2) is 87.4 Å². The van der Waals surface area contributed by atoms with Crippen LogP contribution in [0.4, 0.5) is 19.4 Å². The number of aromatic nitrogens is 4. The number of ether oxygens (including phenoxy) is 5. The lowest BCUT2D eigenvalue weighted by atomic mass is 9.88. The highest BCUT2D eigenvalue weighted by molar-refractivity contribution is 6.06. The second-order valence-corrected chi connectivity index (χ2v) is 18.4. The first kappa shape index (κ1) is 40.5. The Hall–Kier alpha value is -5.52. The van der Waals surface area contributed by atoms with E-state index in [4.69, 9.17) is 45.2 Å². The maximum absolute atomic E-state index is 16.6. The Balaban J connectivity index is 1.18. The number of carbonyl (C=O) groups excluding carboxylic acids is 1. The summed E-state index contributed by atoms with van der Waals surface area (Å²) in [5.74, 6) is 2.75. The Bertz CT molecular complexity index is 2600. The monoisotopic (exact) mass is 846 g/mol. The van der Waals surface area contributed by atoms with Crippen LogP contribution in [0.5, 0.6) is 11.8 Å². The van der Waals surface area contributed by atoms with E-state index in [2.05, 4.69) is 16.9 Å². The molecule has 0 N–H and O–H groups in total. The zero-order valence-electron chi connectivity index (χ0n) is 35.7. The first-order chi connectivity index (χ1) is 29.9. The van der Waals surface area contributed by atoms with Crippen molar-refractivity contribution in [2.75, 3.05) is 37.8 Å². The van der Waals surface area contributed by atoms with Crippen molar-refractivity contribution in [3.8, 4) is 35.2 Å². The molecule has 5 aromatic rings. The fourth-order valence-electron chi connectivity index (χ4n) is 9.67. The molecule has 5 aliphatic rings. The highest BCUT2D eigenvalue weighted by Gasteiger charge is 2.48. The predicted molar refractivity (Wildman–Crippen MR) is 229 cm³/mol. The number of carbonyl (C=O) groups is 1. The Morgan fingerprint density at radius 3 is 2.47 bits per heavy atom. The van der Waals surface area contributed by atoms with Gasteiger partial charge in [-0.15, -0.1) is 6.42 Å². The summed E-state index contributed by atoms with van der Waals surface area (Å²) in [4.78, 5) is 27.8. The number of hydrogen-bond acceptors (Lipinski definition) is 10. The minimum atomic E-state index is -0.617. The van der Waals surface area contributed by atoms with Crippen molar-refractivity contribution in [2.24, 2.45) is 0 Å². The highest BCUT2D eigenvalue weighted by atomic mass is 19.1. The van der Waals surface area contributed by atoms with Crippen LogP contribution in [-0.2, 0) is 20.8 Å². The van der Waals surface area contributed by atoms with Gasteiger partial charge in [0.05, 0.1) is 42.6 Å². The number of amides is 1. The maximum Gasteiger partial charge on any atom is 0.410 e. The number of hydrogen-bond donors (Lipinski definition) is 0. The fourth-order valence-corrected chi connectivity index (χ4v) is 9.67. The van der Waals surface area contributed by atoms with Gasteiger partial charge in [-0.3, -0.25) is 0 Å². The number of nitrogens with zero attached hydrogens (tertiary/aromatic N) is 6. The van der Waals surface area contributed by atoms with Gasteiger partial charge in [-0.2, -0.15) is 15.1 Å². The first-order valence-corrected chi connectivity index (χ1v) is 22.0. The number of likely N-dealkylation sites (tertiary alicyclic amines) is 1. The van der Waals surface area contributed by atoms with E-state index in [1.54, 1.807) is 36.0 Å². The average Bonchev–Trinajstić information content (AvgIpc) is 3.69. The molecule has 0 radical (unpaired) electrons. The summed E-state index contributed by atoms with van der Waals surface area (Å²) in [5, 5.41) is 6.34. The van der Waals surface area contributed by atoms with E-state index in [-0.39, 0.29) is 60.4 Å². The van der Waals surface area contributed by atoms with Crippen molar-refractivity contribution >= 4 is 33.7 Å². The summed E-state index contributed by atoms with van der Waals surface area (Å²) < 4.78 is 64.7. The molecule has 6 heterocycles. The van der Waals surface area contributed by atoms with Crippen molar-refractivity contribution in [3.05, 3.63) is 70.4 Å². The van der Waals surface area contributed by atoms with E-state index < -0.39 is 11.4 Å². The van der Waals surface area contributed by atoms with E-state index in [0.717, 1.165) is 54.9 Å². The molecule has 4 aliphatic heterocycles. The average molecular weight is 847 g/mol. The van der Waals surface area contributed by atoms with Gasteiger partial charge in [-0.25, -0.2) is 18.3 Å². The molecule has 14 heteroatoms. The molecule has 2 bridgehead atoms. The number of fused-ring (bicyclic) bond motifs is 4. The fraction of sp³-hybridized carbons (Fsp3) is 0.500. The summed E-state index contributed by atoms with van der Waals surface area (Å²) in [5.41, 5.74) is 4.03. The van der Waals surface area contributed by atoms with Crippen molar-refractivity contribution in [1.82, 2.24) is 24.6 Å². The lowest BCUT2D eigenvalue weighted by Crippen LogP contribution is -2.50.